The van der Waals surface area contributed by atoms with Gasteiger partial charge in [0, 0.05) is 6.07 Å². The molecule has 1 N–H and O–H groups in total. The first-order chi connectivity index (χ1) is 8.62. The molecule has 1 rings (SSSR count). The molecule has 0 spiro atoms. The SMILES string of the molecule is C#CC(CCC)Nc1cc(C#N)ccc1[N+](=O)[O-]. The molecule has 5 nitrogen and oxygen atoms in total. The standard InChI is InChI=1S/C13H13N3O2/c1-3-5-11(4-2)15-12-8-10(9-14)6-7-13(12)16(17)18/h2,6-8,11,15H,3,5H2,1H3. The summed E-state index contributed by atoms with van der Waals surface area (Å²) in [5, 5.41) is 22.6. The molecule has 0 aliphatic carbocycles. The highest BCUT2D eigenvalue weighted by atomic mass is 16.6. The number of terminal acetylenes is 1. The summed E-state index contributed by atoms with van der Waals surface area (Å²) in [4.78, 5) is 10.4. The largest absolute Gasteiger partial charge is 0.366 e. The van der Waals surface area contributed by atoms with Gasteiger partial charge in [0.2, 0.25) is 0 Å². The Morgan fingerprint density at radius 1 is 1.61 bits per heavy atom. The van der Waals surface area contributed by atoms with Crippen LogP contribution in [0.3, 0.4) is 0 Å². The maximum absolute atomic E-state index is 10.9. The molecule has 0 aliphatic heterocycles. The minimum absolute atomic E-state index is 0.0784. The summed E-state index contributed by atoms with van der Waals surface area (Å²) in [5.74, 6) is 2.54. The van der Waals surface area contributed by atoms with Gasteiger partial charge in [-0.25, -0.2) is 0 Å². The number of anilines is 1. The minimum Gasteiger partial charge on any atom is -0.366 e. The molecular weight excluding hydrogens is 230 g/mol. The van der Waals surface area contributed by atoms with Crippen LogP contribution in [-0.4, -0.2) is 11.0 Å². The zero-order chi connectivity index (χ0) is 13.5. The number of hydrogen-bond donors (Lipinski definition) is 1. The van der Waals surface area contributed by atoms with Crippen LogP contribution in [0.5, 0.6) is 0 Å². The molecule has 0 radical (unpaired) electrons. The van der Waals surface area contributed by atoms with Crippen LogP contribution in [-0.2, 0) is 0 Å². The summed E-state index contributed by atoms with van der Waals surface area (Å²) in [6.07, 6.45) is 6.94. The van der Waals surface area contributed by atoms with Crippen molar-refractivity contribution in [2.45, 2.75) is 25.8 Å². The summed E-state index contributed by atoms with van der Waals surface area (Å²) >= 11 is 0. The van der Waals surface area contributed by atoms with E-state index in [4.69, 9.17) is 11.7 Å². The average molecular weight is 243 g/mol. The summed E-state index contributed by atoms with van der Waals surface area (Å²) in [5.41, 5.74) is 0.566. The van der Waals surface area contributed by atoms with E-state index in [-0.39, 0.29) is 17.4 Å². The highest BCUT2D eigenvalue weighted by Gasteiger charge is 2.16. The summed E-state index contributed by atoms with van der Waals surface area (Å²) in [6, 6.07) is 5.83. The second-order valence-corrected chi connectivity index (χ2v) is 3.75. The first kappa shape index (κ1) is 13.5. The van der Waals surface area contributed by atoms with Crippen molar-refractivity contribution in [3.63, 3.8) is 0 Å². The Morgan fingerprint density at radius 3 is 2.83 bits per heavy atom. The number of nitriles is 1. The lowest BCUT2D eigenvalue weighted by atomic mass is 10.1. The molecule has 0 aliphatic rings. The minimum atomic E-state index is -0.497. The Kier molecular flexibility index (Phi) is 4.71. The predicted octanol–water partition coefficient (Wildman–Crippen LogP) is 2.68. The van der Waals surface area contributed by atoms with Crippen LogP contribution in [0.2, 0.25) is 0 Å². The van der Waals surface area contributed by atoms with Gasteiger partial charge >= 0.3 is 0 Å². The second-order valence-electron chi connectivity index (χ2n) is 3.75. The number of nitro groups is 1. The van der Waals surface area contributed by atoms with Crippen molar-refractivity contribution >= 4 is 11.4 Å². The Morgan fingerprint density at radius 2 is 2.33 bits per heavy atom. The third-order valence-corrected chi connectivity index (χ3v) is 2.43. The maximum Gasteiger partial charge on any atom is 0.292 e. The van der Waals surface area contributed by atoms with E-state index in [2.05, 4.69) is 11.2 Å². The van der Waals surface area contributed by atoms with Gasteiger partial charge < -0.3 is 5.32 Å². The average Bonchev–Trinajstić information content (AvgIpc) is 2.37. The topological polar surface area (TPSA) is 79.0 Å². The maximum atomic E-state index is 10.9. The Hall–Kier alpha value is -2.53. The number of nitrogens with zero attached hydrogens (tertiary/aromatic N) is 2. The van der Waals surface area contributed by atoms with Crippen LogP contribution in [0.1, 0.15) is 25.3 Å². The van der Waals surface area contributed by atoms with Crippen molar-refractivity contribution < 1.29 is 4.92 Å². The van der Waals surface area contributed by atoms with Crippen molar-refractivity contribution in [3.05, 3.63) is 33.9 Å². The molecule has 0 fully saturated rings. The van der Waals surface area contributed by atoms with Gasteiger partial charge in [-0.05, 0) is 18.6 Å². The molecule has 0 aromatic heterocycles. The van der Waals surface area contributed by atoms with E-state index in [0.29, 0.717) is 12.0 Å². The number of hydrogen-bond acceptors (Lipinski definition) is 4. The van der Waals surface area contributed by atoms with E-state index in [9.17, 15) is 10.1 Å². The smallest absolute Gasteiger partial charge is 0.292 e. The zero-order valence-electron chi connectivity index (χ0n) is 10.0. The highest BCUT2D eigenvalue weighted by molar-refractivity contribution is 5.65. The van der Waals surface area contributed by atoms with E-state index in [0.717, 1.165) is 6.42 Å². The molecule has 1 atom stereocenters. The molecule has 18 heavy (non-hydrogen) atoms. The van der Waals surface area contributed by atoms with Crippen LogP contribution >= 0.6 is 0 Å². The van der Waals surface area contributed by atoms with E-state index >= 15 is 0 Å². The first-order valence-corrected chi connectivity index (χ1v) is 5.53. The molecule has 5 heteroatoms. The second kappa shape index (κ2) is 6.27. The fourth-order valence-corrected chi connectivity index (χ4v) is 1.55. The predicted molar refractivity (Wildman–Crippen MR) is 69.0 cm³/mol. The third kappa shape index (κ3) is 3.23. The van der Waals surface area contributed by atoms with Crippen molar-refractivity contribution in [2.75, 3.05) is 5.32 Å². The lowest BCUT2D eigenvalue weighted by Gasteiger charge is -2.13. The lowest BCUT2D eigenvalue weighted by Crippen LogP contribution is -2.17. The van der Waals surface area contributed by atoms with Gasteiger partial charge in [0.15, 0.2) is 0 Å². The molecule has 1 unspecified atom stereocenters. The van der Waals surface area contributed by atoms with Gasteiger partial charge in [-0.1, -0.05) is 19.3 Å². The Labute approximate surface area is 106 Å². The Bertz CT molecular complexity index is 526. The number of rotatable bonds is 5. The van der Waals surface area contributed by atoms with Gasteiger partial charge in [0.25, 0.3) is 5.69 Å². The van der Waals surface area contributed by atoms with Gasteiger partial charge in [0.1, 0.15) is 5.69 Å². The van der Waals surface area contributed by atoms with E-state index in [1.54, 1.807) is 0 Å². The molecule has 0 saturated heterocycles. The van der Waals surface area contributed by atoms with Crippen molar-refractivity contribution in [2.24, 2.45) is 0 Å². The van der Waals surface area contributed by atoms with Crippen molar-refractivity contribution in [1.29, 1.82) is 5.26 Å². The zero-order valence-corrected chi connectivity index (χ0v) is 10.0. The van der Waals surface area contributed by atoms with Crippen LogP contribution in [0.25, 0.3) is 0 Å². The third-order valence-electron chi connectivity index (χ3n) is 2.43. The van der Waals surface area contributed by atoms with Crippen LogP contribution in [0, 0.1) is 33.8 Å². The normalized spacial score (nSPS) is 11.1. The van der Waals surface area contributed by atoms with E-state index in [1.807, 2.05) is 13.0 Å². The van der Waals surface area contributed by atoms with Crippen LogP contribution in [0.4, 0.5) is 11.4 Å². The van der Waals surface area contributed by atoms with Gasteiger partial charge in [-0.2, -0.15) is 5.26 Å². The van der Waals surface area contributed by atoms with Crippen LogP contribution in [0.15, 0.2) is 18.2 Å². The molecular formula is C13H13N3O2. The van der Waals surface area contributed by atoms with Gasteiger partial charge in [0.05, 0.1) is 22.6 Å². The summed E-state index contributed by atoms with van der Waals surface area (Å²) in [6.45, 7) is 1.98. The van der Waals surface area contributed by atoms with Gasteiger partial charge in [-0.3, -0.25) is 10.1 Å². The number of nitrogens with one attached hydrogen (secondary N) is 1. The summed E-state index contributed by atoms with van der Waals surface area (Å²) < 4.78 is 0. The van der Waals surface area contributed by atoms with Gasteiger partial charge in [-0.15, -0.1) is 6.42 Å². The van der Waals surface area contributed by atoms with E-state index in [1.165, 1.54) is 18.2 Å². The molecule has 0 bridgehead atoms. The first-order valence-electron chi connectivity index (χ1n) is 5.53. The quantitative estimate of drug-likeness (QED) is 0.490. The number of benzene rings is 1. The number of nitro benzene ring substituents is 1. The summed E-state index contributed by atoms with van der Waals surface area (Å²) in [7, 11) is 0. The highest BCUT2D eigenvalue weighted by Crippen LogP contribution is 2.26. The van der Waals surface area contributed by atoms with E-state index < -0.39 is 4.92 Å². The van der Waals surface area contributed by atoms with Crippen molar-refractivity contribution in [3.8, 4) is 18.4 Å². The molecule has 0 heterocycles. The van der Waals surface area contributed by atoms with Crippen LogP contribution < -0.4 is 5.32 Å². The monoisotopic (exact) mass is 243 g/mol. The molecule has 0 saturated carbocycles. The molecule has 1 aromatic rings. The van der Waals surface area contributed by atoms with Crippen molar-refractivity contribution in [1.82, 2.24) is 0 Å². The fourth-order valence-electron chi connectivity index (χ4n) is 1.55. The fraction of sp³-hybridized carbons (Fsp3) is 0.308. The molecule has 0 amide bonds. The molecule has 1 aromatic carbocycles. The lowest BCUT2D eigenvalue weighted by molar-refractivity contribution is -0.384. The molecule has 92 valence electrons. The Balaban J connectivity index is 3.09.